The lowest BCUT2D eigenvalue weighted by atomic mass is 10.1. The molecule has 1 aromatic heterocycles. The van der Waals surface area contributed by atoms with Crippen LogP contribution in [0.2, 0.25) is 0 Å². The maximum absolute atomic E-state index is 12.3. The lowest BCUT2D eigenvalue weighted by molar-refractivity contribution is 0.415. The van der Waals surface area contributed by atoms with E-state index in [2.05, 4.69) is 4.98 Å². The van der Waals surface area contributed by atoms with Crippen LogP contribution in [-0.2, 0) is 0 Å². The van der Waals surface area contributed by atoms with Gasteiger partial charge in [-0.1, -0.05) is 6.07 Å². The highest BCUT2D eigenvalue weighted by atomic mass is 16.5. The van der Waals surface area contributed by atoms with Crippen LogP contribution in [0.1, 0.15) is 0 Å². The number of rotatable bonds is 1. The highest BCUT2D eigenvalue weighted by Crippen LogP contribution is 2.24. The summed E-state index contributed by atoms with van der Waals surface area (Å²) in [6.45, 7) is 0. The summed E-state index contributed by atoms with van der Waals surface area (Å²) in [5.74, 6) is 0.598. The van der Waals surface area contributed by atoms with Crippen LogP contribution in [0.3, 0.4) is 0 Å². The third-order valence-electron chi connectivity index (χ3n) is 3.01. The second-order valence-corrected chi connectivity index (χ2v) is 4.07. The molecule has 90 valence electrons. The summed E-state index contributed by atoms with van der Waals surface area (Å²) in [7, 11) is 1.55. The molecule has 18 heavy (non-hydrogen) atoms. The molecule has 0 fully saturated rings. The molecule has 3 rings (SSSR count). The monoisotopic (exact) mass is 241 g/mol. The van der Waals surface area contributed by atoms with Gasteiger partial charge in [0.1, 0.15) is 11.5 Å². The third-order valence-corrected chi connectivity index (χ3v) is 3.01. The molecular weight excluding hydrogens is 230 g/mol. The number of aromatic nitrogens is 1. The molecule has 0 bridgehead atoms. The van der Waals surface area contributed by atoms with Gasteiger partial charge in [-0.25, -0.2) is 0 Å². The summed E-state index contributed by atoms with van der Waals surface area (Å²) in [4.78, 5) is 15.5. The number of benzene rings is 2. The van der Waals surface area contributed by atoms with Gasteiger partial charge in [-0.2, -0.15) is 0 Å². The van der Waals surface area contributed by atoms with Gasteiger partial charge in [-0.3, -0.25) is 4.79 Å². The molecule has 2 aromatic carbocycles. The Morgan fingerprint density at radius 2 is 2.00 bits per heavy atom. The molecule has 0 unspecified atom stereocenters. The van der Waals surface area contributed by atoms with Crippen LogP contribution >= 0.6 is 0 Å². The number of ether oxygens (including phenoxy) is 1. The van der Waals surface area contributed by atoms with Crippen molar-refractivity contribution in [3.05, 3.63) is 46.6 Å². The second-order valence-electron chi connectivity index (χ2n) is 4.07. The van der Waals surface area contributed by atoms with Crippen molar-refractivity contribution in [1.82, 2.24) is 4.98 Å². The number of H-pyrrole nitrogens is 1. The Labute approximate surface area is 102 Å². The van der Waals surface area contributed by atoms with Gasteiger partial charge in [-0.15, -0.1) is 0 Å². The van der Waals surface area contributed by atoms with E-state index < -0.39 is 0 Å². The Bertz CT molecular complexity index is 805. The van der Waals surface area contributed by atoms with Crippen LogP contribution in [0.4, 0.5) is 0 Å². The van der Waals surface area contributed by atoms with Crippen LogP contribution < -0.4 is 10.2 Å². The van der Waals surface area contributed by atoms with Crippen molar-refractivity contribution in [3.63, 3.8) is 0 Å². The van der Waals surface area contributed by atoms with E-state index in [-0.39, 0.29) is 11.2 Å². The molecule has 0 radical (unpaired) electrons. The zero-order valence-corrected chi connectivity index (χ0v) is 9.73. The van der Waals surface area contributed by atoms with Crippen molar-refractivity contribution in [1.29, 1.82) is 0 Å². The average Bonchev–Trinajstić information content (AvgIpc) is 2.38. The molecule has 0 amide bonds. The largest absolute Gasteiger partial charge is 0.507 e. The lowest BCUT2D eigenvalue weighted by Crippen LogP contribution is -2.04. The first-order chi connectivity index (χ1) is 8.70. The number of hydrogen-bond donors (Lipinski definition) is 2. The number of aromatic hydroxyl groups is 1. The minimum absolute atomic E-state index is 0.0153. The number of fused-ring (bicyclic) bond motifs is 2. The lowest BCUT2D eigenvalue weighted by Gasteiger charge is -2.05. The fourth-order valence-corrected chi connectivity index (χ4v) is 2.11. The van der Waals surface area contributed by atoms with Crippen molar-refractivity contribution in [2.75, 3.05) is 7.11 Å². The molecular formula is C14H11NO3. The van der Waals surface area contributed by atoms with E-state index in [1.807, 2.05) is 0 Å². The molecule has 0 saturated carbocycles. The first kappa shape index (κ1) is 10.7. The van der Waals surface area contributed by atoms with Crippen LogP contribution in [-0.4, -0.2) is 17.2 Å². The summed E-state index contributed by atoms with van der Waals surface area (Å²) in [6.07, 6.45) is 0. The van der Waals surface area contributed by atoms with E-state index in [4.69, 9.17) is 4.74 Å². The maximum Gasteiger partial charge on any atom is 0.201 e. The number of hydrogen-bond acceptors (Lipinski definition) is 3. The minimum atomic E-state index is -0.198. The highest BCUT2D eigenvalue weighted by Gasteiger charge is 2.09. The summed E-state index contributed by atoms with van der Waals surface area (Å²) < 4.78 is 5.10. The number of methoxy groups -OCH3 is 1. The van der Waals surface area contributed by atoms with Gasteiger partial charge in [0, 0.05) is 5.39 Å². The first-order valence-electron chi connectivity index (χ1n) is 5.52. The Morgan fingerprint density at radius 3 is 2.78 bits per heavy atom. The van der Waals surface area contributed by atoms with Gasteiger partial charge >= 0.3 is 0 Å². The summed E-state index contributed by atoms with van der Waals surface area (Å²) >= 11 is 0. The van der Waals surface area contributed by atoms with Crippen molar-refractivity contribution in [2.24, 2.45) is 0 Å². The predicted molar refractivity (Wildman–Crippen MR) is 70.3 cm³/mol. The second kappa shape index (κ2) is 3.77. The van der Waals surface area contributed by atoms with Gasteiger partial charge < -0.3 is 14.8 Å². The van der Waals surface area contributed by atoms with Crippen LogP contribution in [0, 0.1) is 0 Å². The molecule has 0 atom stereocenters. The van der Waals surface area contributed by atoms with E-state index in [0.717, 1.165) is 5.52 Å². The zero-order valence-electron chi connectivity index (χ0n) is 9.73. The molecule has 0 saturated heterocycles. The molecule has 0 aliphatic carbocycles. The average molecular weight is 241 g/mol. The third kappa shape index (κ3) is 1.43. The first-order valence-corrected chi connectivity index (χ1v) is 5.52. The fourth-order valence-electron chi connectivity index (χ4n) is 2.11. The number of nitrogens with one attached hydrogen (secondary N) is 1. The SMILES string of the molecule is COc1ccc2[nH]c3cccc(O)c3c(=O)c2c1. The fraction of sp³-hybridized carbons (Fsp3) is 0.0714. The minimum Gasteiger partial charge on any atom is -0.507 e. The zero-order chi connectivity index (χ0) is 12.7. The molecule has 1 heterocycles. The Balaban J connectivity index is 2.54. The van der Waals surface area contributed by atoms with E-state index in [1.54, 1.807) is 37.4 Å². The van der Waals surface area contributed by atoms with Crippen molar-refractivity contribution >= 4 is 21.8 Å². The highest BCUT2D eigenvalue weighted by molar-refractivity contribution is 5.95. The number of phenolic OH excluding ortho intramolecular Hbond substituents is 1. The van der Waals surface area contributed by atoms with Crippen molar-refractivity contribution in [3.8, 4) is 11.5 Å². The quantitative estimate of drug-likeness (QED) is 0.643. The van der Waals surface area contributed by atoms with Gasteiger partial charge in [-0.05, 0) is 30.3 Å². The van der Waals surface area contributed by atoms with E-state index in [1.165, 1.54) is 6.07 Å². The maximum atomic E-state index is 12.3. The Morgan fingerprint density at radius 1 is 1.17 bits per heavy atom. The predicted octanol–water partition coefficient (Wildman–Crippen LogP) is 2.40. The van der Waals surface area contributed by atoms with Gasteiger partial charge in [0.2, 0.25) is 5.43 Å². The summed E-state index contributed by atoms with van der Waals surface area (Å²) in [6, 6.07) is 10.2. The molecule has 0 spiro atoms. The normalized spacial score (nSPS) is 10.9. The van der Waals surface area contributed by atoms with Crippen LogP contribution in [0.25, 0.3) is 21.8 Å². The van der Waals surface area contributed by atoms with Crippen LogP contribution in [0.5, 0.6) is 11.5 Å². The smallest absolute Gasteiger partial charge is 0.201 e. The van der Waals surface area contributed by atoms with Crippen molar-refractivity contribution < 1.29 is 9.84 Å². The molecule has 3 aromatic rings. The van der Waals surface area contributed by atoms with Gasteiger partial charge in [0.15, 0.2) is 0 Å². The molecule has 0 aliphatic rings. The molecule has 4 heteroatoms. The summed E-state index contributed by atoms with van der Waals surface area (Å²) in [5, 5.41) is 10.6. The summed E-state index contributed by atoms with van der Waals surface area (Å²) in [5.41, 5.74) is 1.15. The Kier molecular flexibility index (Phi) is 2.23. The number of aromatic amines is 1. The van der Waals surface area contributed by atoms with E-state index in [9.17, 15) is 9.90 Å². The molecule has 0 aliphatic heterocycles. The molecule has 4 nitrogen and oxygen atoms in total. The topological polar surface area (TPSA) is 62.3 Å². The Hall–Kier alpha value is -2.49. The standard InChI is InChI=1S/C14H11NO3/c1-18-8-5-6-10-9(7-8)14(17)13-11(15-10)3-2-4-12(13)16/h2-7,16H,1H3,(H,15,17). The van der Waals surface area contributed by atoms with Gasteiger partial charge in [0.25, 0.3) is 0 Å². The number of pyridine rings is 1. The van der Waals surface area contributed by atoms with E-state index >= 15 is 0 Å². The van der Waals surface area contributed by atoms with Gasteiger partial charge in [0.05, 0.1) is 23.5 Å². The van der Waals surface area contributed by atoms with Crippen molar-refractivity contribution in [2.45, 2.75) is 0 Å². The van der Waals surface area contributed by atoms with E-state index in [0.29, 0.717) is 22.0 Å². The molecule has 2 N–H and O–H groups in total. The number of phenols is 1. The van der Waals surface area contributed by atoms with Crippen LogP contribution in [0.15, 0.2) is 41.2 Å².